The zero-order valence-electron chi connectivity index (χ0n) is 8.24. The molecule has 0 spiro atoms. The van der Waals surface area contributed by atoms with Gasteiger partial charge in [-0.2, -0.15) is 0 Å². The van der Waals surface area contributed by atoms with E-state index in [1.165, 1.54) is 6.26 Å². The Morgan fingerprint density at radius 1 is 1.38 bits per heavy atom. The summed E-state index contributed by atoms with van der Waals surface area (Å²) in [5, 5.41) is 0.153. The third-order valence-corrected chi connectivity index (χ3v) is 2.96. The van der Waals surface area contributed by atoms with E-state index in [0.29, 0.717) is 12.0 Å². The Morgan fingerprint density at radius 3 is 2.81 bits per heavy atom. The molecule has 82 valence electrons. The molecule has 0 saturated carbocycles. The SMILES string of the molecule is O=C(Cc1cccc(Br)c1)c1ccoc1Cl. The number of carbonyl (C=O) groups excluding carboxylic acids is 1. The van der Waals surface area contributed by atoms with Crippen molar-refractivity contribution in [1.29, 1.82) is 0 Å². The number of halogens is 2. The van der Waals surface area contributed by atoms with E-state index in [0.717, 1.165) is 10.0 Å². The minimum Gasteiger partial charge on any atom is -0.452 e. The molecule has 0 atom stereocenters. The average molecular weight is 300 g/mol. The quantitative estimate of drug-likeness (QED) is 0.798. The molecule has 0 aliphatic rings. The lowest BCUT2D eigenvalue weighted by Gasteiger charge is -2.00. The summed E-state index contributed by atoms with van der Waals surface area (Å²) in [6.45, 7) is 0. The molecule has 2 rings (SSSR count). The summed E-state index contributed by atoms with van der Waals surface area (Å²) in [5.41, 5.74) is 1.37. The van der Waals surface area contributed by atoms with Crippen LogP contribution in [0.25, 0.3) is 0 Å². The van der Waals surface area contributed by atoms with Crippen molar-refractivity contribution in [2.75, 3.05) is 0 Å². The lowest BCUT2D eigenvalue weighted by molar-refractivity contribution is 0.0992. The third kappa shape index (κ3) is 2.54. The molecule has 0 aliphatic carbocycles. The van der Waals surface area contributed by atoms with Crippen molar-refractivity contribution in [3.63, 3.8) is 0 Å². The van der Waals surface area contributed by atoms with E-state index < -0.39 is 0 Å². The van der Waals surface area contributed by atoms with Gasteiger partial charge in [0, 0.05) is 10.9 Å². The summed E-state index contributed by atoms with van der Waals surface area (Å²) in [4.78, 5) is 11.8. The second kappa shape index (κ2) is 4.85. The molecule has 0 unspecified atom stereocenters. The second-order valence-electron chi connectivity index (χ2n) is 3.34. The van der Waals surface area contributed by atoms with Crippen LogP contribution >= 0.6 is 27.5 Å². The number of Topliss-reactive ketones (excluding diaryl/α,β-unsaturated/α-hetero) is 1. The molecule has 0 saturated heterocycles. The molecule has 1 aromatic carbocycles. The Balaban J connectivity index is 2.17. The maximum atomic E-state index is 11.8. The monoisotopic (exact) mass is 298 g/mol. The van der Waals surface area contributed by atoms with Crippen LogP contribution in [0.3, 0.4) is 0 Å². The maximum Gasteiger partial charge on any atom is 0.203 e. The number of rotatable bonds is 3. The van der Waals surface area contributed by atoms with Crippen molar-refractivity contribution >= 4 is 33.3 Å². The highest BCUT2D eigenvalue weighted by molar-refractivity contribution is 9.10. The highest BCUT2D eigenvalue weighted by Crippen LogP contribution is 2.20. The molecule has 16 heavy (non-hydrogen) atoms. The molecule has 1 aromatic heterocycles. The fourth-order valence-corrected chi connectivity index (χ4v) is 2.09. The Hall–Kier alpha value is -1.06. The standard InChI is InChI=1S/C12H8BrClO2/c13-9-3-1-2-8(6-9)7-11(15)10-4-5-16-12(10)14/h1-6H,7H2. The summed E-state index contributed by atoms with van der Waals surface area (Å²) < 4.78 is 5.84. The molecule has 0 amide bonds. The van der Waals surface area contributed by atoms with Crippen molar-refractivity contribution in [2.24, 2.45) is 0 Å². The van der Waals surface area contributed by atoms with Gasteiger partial charge in [-0.1, -0.05) is 28.1 Å². The zero-order valence-corrected chi connectivity index (χ0v) is 10.6. The molecular weight excluding hydrogens is 291 g/mol. The Morgan fingerprint density at radius 2 is 2.19 bits per heavy atom. The fourth-order valence-electron chi connectivity index (χ4n) is 1.42. The average Bonchev–Trinajstić information content (AvgIpc) is 2.64. The summed E-state index contributed by atoms with van der Waals surface area (Å²) in [6.07, 6.45) is 1.73. The van der Waals surface area contributed by atoms with E-state index in [-0.39, 0.29) is 11.0 Å². The molecule has 0 bridgehead atoms. The number of hydrogen-bond donors (Lipinski definition) is 0. The van der Waals surface area contributed by atoms with Gasteiger partial charge in [0.15, 0.2) is 5.78 Å². The van der Waals surface area contributed by atoms with Gasteiger partial charge < -0.3 is 4.42 Å². The van der Waals surface area contributed by atoms with E-state index in [1.54, 1.807) is 6.07 Å². The summed E-state index contributed by atoms with van der Waals surface area (Å²) in [5.74, 6) is -0.0446. The van der Waals surface area contributed by atoms with E-state index in [4.69, 9.17) is 16.0 Å². The first-order chi connectivity index (χ1) is 7.66. The van der Waals surface area contributed by atoms with Gasteiger partial charge in [-0.25, -0.2) is 0 Å². The van der Waals surface area contributed by atoms with Gasteiger partial charge in [0.25, 0.3) is 0 Å². The first-order valence-electron chi connectivity index (χ1n) is 4.67. The van der Waals surface area contributed by atoms with Gasteiger partial charge in [-0.3, -0.25) is 4.79 Å². The second-order valence-corrected chi connectivity index (χ2v) is 4.60. The summed E-state index contributed by atoms with van der Waals surface area (Å²) in [7, 11) is 0. The van der Waals surface area contributed by atoms with Crippen molar-refractivity contribution in [3.05, 3.63) is 57.4 Å². The van der Waals surface area contributed by atoms with E-state index in [2.05, 4.69) is 15.9 Å². The topological polar surface area (TPSA) is 30.2 Å². The van der Waals surface area contributed by atoms with E-state index >= 15 is 0 Å². The van der Waals surface area contributed by atoms with Crippen molar-refractivity contribution < 1.29 is 9.21 Å². The van der Waals surface area contributed by atoms with Gasteiger partial charge in [0.1, 0.15) is 0 Å². The fraction of sp³-hybridized carbons (Fsp3) is 0.0833. The molecule has 4 heteroatoms. The molecule has 0 fully saturated rings. The minimum absolute atomic E-state index is 0.0446. The van der Waals surface area contributed by atoms with Gasteiger partial charge in [0.05, 0.1) is 11.8 Å². The Kier molecular flexibility index (Phi) is 3.46. The highest BCUT2D eigenvalue weighted by Gasteiger charge is 2.13. The molecule has 0 radical (unpaired) electrons. The predicted molar refractivity (Wildman–Crippen MR) is 65.9 cm³/mol. The number of furan rings is 1. The van der Waals surface area contributed by atoms with E-state index in [1.807, 2.05) is 24.3 Å². The van der Waals surface area contributed by atoms with Gasteiger partial charge in [-0.15, -0.1) is 0 Å². The van der Waals surface area contributed by atoms with Crippen LogP contribution in [0.15, 0.2) is 45.5 Å². The summed E-state index contributed by atoms with van der Waals surface area (Å²) >= 11 is 9.09. The van der Waals surface area contributed by atoms with Crippen molar-refractivity contribution in [1.82, 2.24) is 0 Å². The smallest absolute Gasteiger partial charge is 0.203 e. The lowest BCUT2D eigenvalue weighted by Crippen LogP contribution is -2.02. The molecule has 2 aromatic rings. The first kappa shape index (κ1) is 11.4. The normalized spacial score (nSPS) is 10.4. The summed E-state index contributed by atoms with van der Waals surface area (Å²) in [6, 6.07) is 9.20. The zero-order chi connectivity index (χ0) is 11.5. The van der Waals surface area contributed by atoms with Gasteiger partial charge in [0.2, 0.25) is 5.22 Å². The van der Waals surface area contributed by atoms with Crippen LogP contribution in [0.4, 0.5) is 0 Å². The van der Waals surface area contributed by atoms with Crippen LogP contribution in [-0.4, -0.2) is 5.78 Å². The lowest BCUT2D eigenvalue weighted by atomic mass is 10.1. The van der Waals surface area contributed by atoms with Gasteiger partial charge >= 0.3 is 0 Å². The first-order valence-corrected chi connectivity index (χ1v) is 5.84. The minimum atomic E-state index is -0.0446. The highest BCUT2D eigenvalue weighted by atomic mass is 79.9. The Labute approximate surface area is 106 Å². The van der Waals surface area contributed by atoms with Crippen LogP contribution in [0.5, 0.6) is 0 Å². The van der Waals surface area contributed by atoms with Gasteiger partial charge in [-0.05, 0) is 35.4 Å². The molecule has 0 N–H and O–H groups in total. The number of benzene rings is 1. The molecule has 0 aliphatic heterocycles. The maximum absolute atomic E-state index is 11.8. The number of carbonyl (C=O) groups is 1. The van der Waals surface area contributed by atoms with E-state index in [9.17, 15) is 4.79 Å². The van der Waals surface area contributed by atoms with Crippen LogP contribution < -0.4 is 0 Å². The van der Waals surface area contributed by atoms with Crippen LogP contribution in [0, 0.1) is 0 Å². The Bertz CT molecular complexity index is 519. The van der Waals surface area contributed by atoms with Crippen molar-refractivity contribution in [2.45, 2.75) is 6.42 Å². The number of hydrogen-bond acceptors (Lipinski definition) is 2. The molecular formula is C12H8BrClO2. The molecule has 2 nitrogen and oxygen atoms in total. The number of ketones is 1. The van der Waals surface area contributed by atoms with Crippen molar-refractivity contribution in [3.8, 4) is 0 Å². The predicted octanol–water partition coefficient (Wildman–Crippen LogP) is 4.12. The largest absolute Gasteiger partial charge is 0.452 e. The van der Waals surface area contributed by atoms with Crippen LogP contribution in [0.1, 0.15) is 15.9 Å². The third-order valence-electron chi connectivity index (χ3n) is 2.17. The molecule has 1 heterocycles. The van der Waals surface area contributed by atoms with Crippen LogP contribution in [0.2, 0.25) is 5.22 Å². The van der Waals surface area contributed by atoms with Crippen LogP contribution in [-0.2, 0) is 6.42 Å².